The molecule has 2 aromatic carbocycles. The fourth-order valence-electron chi connectivity index (χ4n) is 3.16. The first-order chi connectivity index (χ1) is 15.3. The fourth-order valence-corrected chi connectivity index (χ4v) is 3.16. The van der Waals surface area contributed by atoms with Crippen LogP contribution in [0.15, 0.2) is 53.7 Å². The summed E-state index contributed by atoms with van der Waals surface area (Å²) in [6, 6.07) is 8.86. The number of ether oxygens (including phenoxy) is 3. The number of allylic oxidation sites excluding steroid dienone is 1. The number of hydrogen-bond acceptors (Lipinski definition) is 6. The highest BCUT2D eigenvalue weighted by Gasteiger charge is 2.32. The van der Waals surface area contributed by atoms with Gasteiger partial charge in [0.15, 0.2) is 18.1 Å². The number of halogens is 1. The number of benzene rings is 2. The number of nitrogens with one attached hydrogen (secondary N) is 3. The number of methoxy groups -OCH3 is 2. The van der Waals surface area contributed by atoms with E-state index in [0.29, 0.717) is 28.4 Å². The van der Waals surface area contributed by atoms with Gasteiger partial charge >= 0.3 is 12.0 Å². The molecule has 9 nitrogen and oxygen atoms in total. The SMILES string of the molecule is COC(=O)COc1ccc([C@H]2NC(=O)NC(C)=C2C(=O)Nc2ccc(F)cc2)cc1OC. The molecule has 3 N–H and O–H groups in total. The van der Waals surface area contributed by atoms with E-state index in [-0.39, 0.29) is 12.2 Å². The lowest BCUT2D eigenvalue weighted by Crippen LogP contribution is -2.46. The van der Waals surface area contributed by atoms with Crippen molar-refractivity contribution in [2.45, 2.75) is 13.0 Å². The predicted molar refractivity (Wildman–Crippen MR) is 113 cm³/mol. The van der Waals surface area contributed by atoms with Gasteiger partial charge in [0.25, 0.3) is 5.91 Å². The zero-order chi connectivity index (χ0) is 23.3. The zero-order valence-corrected chi connectivity index (χ0v) is 17.7. The number of carbonyl (C=O) groups excluding carboxylic acids is 3. The summed E-state index contributed by atoms with van der Waals surface area (Å²) in [6.07, 6.45) is 0. The van der Waals surface area contributed by atoms with Crippen molar-refractivity contribution in [3.8, 4) is 11.5 Å². The second kappa shape index (κ2) is 9.82. The van der Waals surface area contributed by atoms with Gasteiger partial charge in [-0.3, -0.25) is 4.79 Å². The number of hydrogen-bond donors (Lipinski definition) is 3. The van der Waals surface area contributed by atoms with Crippen LogP contribution in [0, 0.1) is 5.82 Å². The van der Waals surface area contributed by atoms with E-state index in [0.717, 1.165) is 0 Å². The maximum Gasteiger partial charge on any atom is 0.343 e. The van der Waals surface area contributed by atoms with Crippen LogP contribution in [-0.4, -0.2) is 38.7 Å². The molecule has 0 aliphatic carbocycles. The Morgan fingerprint density at radius 1 is 1.09 bits per heavy atom. The first-order valence-corrected chi connectivity index (χ1v) is 9.55. The average Bonchev–Trinajstić information content (AvgIpc) is 2.78. The summed E-state index contributed by atoms with van der Waals surface area (Å²) in [4.78, 5) is 36.5. The summed E-state index contributed by atoms with van der Waals surface area (Å²) in [5.41, 5.74) is 1.57. The molecule has 0 aromatic heterocycles. The van der Waals surface area contributed by atoms with Gasteiger partial charge in [-0.05, 0) is 48.9 Å². The zero-order valence-electron chi connectivity index (χ0n) is 17.7. The van der Waals surface area contributed by atoms with Crippen molar-refractivity contribution >= 4 is 23.6 Å². The van der Waals surface area contributed by atoms with Gasteiger partial charge < -0.3 is 30.2 Å². The van der Waals surface area contributed by atoms with Crippen LogP contribution in [0.4, 0.5) is 14.9 Å². The summed E-state index contributed by atoms with van der Waals surface area (Å²) in [7, 11) is 2.67. The number of rotatable bonds is 7. The van der Waals surface area contributed by atoms with Crippen LogP contribution in [0.1, 0.15) is 18.5 Å². The van der Waals surface area contributed by atoms with Crippen LogP contribution in [0.3, 0.4) is 0 Å². The standard InChI is InChI=1S/C22H22FN3O6/c1-12-19(21(28)25-15-7-5-14(23)6-8-15)20(26-22(29)24-12)13-4-9-16(17(10-13)30-2)32-11-18(27)31-3/h4-10,20H,11H2,1-3H3,(H,25,28)(H2,24,26,29)/t20-/m1/s1. The highest BCUT2D eigenvalue weighted by molar-refractivity contribution is 6.06. The van der Waals surface area contributed by atoms with Crippen molar-refractivity contribution in [3.05, 3.63) is 65.1 Å². The molecule has 10 heteroatoms. The van der Waals surface area contributed by atoms with E-state index in [1.54, 1.807) is 25.1 Å². The van der Waals surface area contributed by atoms with Crippen LogP contribution in [0.5, 0.6) is 11.5 Å². The molecule has 3 amide bonds. The monoisotopic (exact) mass is 443 g/mol. The number of anilines is 1. The maximum atomic E-state index is 13.2. The Hall–Kier alpha value is -4.08. The van der Waals surface area contributed by atoms with Crippen LogP contribution >= 0.6 is 0 Å². The van der Waals surface area contributed by atoms with Crippen molar-refractivity contribution < 1.29 is 33.0 Å². The lowest BCUT2D eigenvalue weighted by atomic mass is 9.94. The van der Waals surface area contributed by atoms with Crippen molar-refractivity contribution in [3.63, 3.8) is 0 Å². The Labute approximate surface area is 183 Å². The number of urea groups is 1. The van der Waals surface area contributed by atoms with Gasteiger partial charge in [0.1, 0.15) is 5.82 Å². The number of esters is 1. The van der Waals surface area contributed by atoms with Crippen molar-refractivity contribution in [1.82, 2.24) is 10.6 Å². The van der Waals surface area contributed by atoms with Crippen LogP contribution in [0.25, 0.3) is 0 Å². The molecular weight excluding hydrogens is 421 g/mol. The normalized spacial score (nSPS) is 15.4. The van der Waals surface area contributed by atoms with Gasteiger partial charge in [0.2, 0.25) is 0 Å². The third kappa shape index (κ3) is 5.15. The van der Waals surface area contributed by atoms with E-state index >= 15 is 0 Å². The fraction of sp³-hybridized carbons (Fsp3) is 0.227. The highest BCUT2D eigenvalue weighted by atomic mass is 19.1. The van der Waals surface area contributed by atoms with Crippen LogP contribution in [0.2, 0.25) is 0 Å². The largest absolute Gasteiger partial charge is 0.493 e. The number of amides is 3. The maximum absolute atomic E-state index is 13.2. The second-order valence-electron chi connectivity index (χ2n) is 6.81. The molecule has 1 aliphatic rings. The molecule has 0 bridgehead atoms. The minimum absolute atomic E-state index is 0.263. The molecule has 168 valence electrons. The predicted octanol–water partition coefficient (Wildman–Crippen LogP) is 2.65. The second-order valence-corrected chi connectivity index (χ2v) is 6.81. The molecule has 32 heavy (non-hydrogen) atoms. The Morgan fingerprint density at radius 2 is 1.81 bits per heavy atom. The van der Waals surface area contributed by atoms with E-state index in [2.05, 4.69) is 20.7 Å². The average molecular weight is 443 g/mol. The molecule has 0 saturated carbocycles. The Kier molecular flexibility index (Phi) is 6.93. The summed E-state index contributed by atoms with van der Waals surface area (Å²) < 4.78 is 28.5. The molecule has 3 rings (SSSR count). The molecule has 1 atom stereocenters. The smallest absolute Gasteiger partial charge is 0.343 e. The molecule has 1 aliphatic heterocycles. The highest BCUT2D eigenvalue weighted by Crippen LogP contribution is 2.34. The van der Waals surface area contributed by atoms with E-state index in [9.17, 15) is 18.8 Å². The Balaban J connectivity index is 1.90. The van der Waals surface area contributed by atoms with Crippen molar-refractivity contribution in [2.24, 2.45) is 0 Å². The van der Waals surface area contributed by atoms with Gasteiger partial charge in [0, 0.05) is 11.4 Å². The van der Waals surface area contributed by atoms with E-state index in [4.69, 9.17) is 9.47 Å². The number of carbonyl (C=O) groups is 3. The van der Waals surface area contributed by atoms with Gasteiger partial charge in [-0.25, -0.2) is 14.0 Å². The molecule has 0 radical (unpaired) electrons. The van der Waals surface area contributed by atoms with E-state index in [1.807, 2.05) is 0 Å². The lowest BCUT2D eigenvalue weighted by Gasteiger charge is -2.29. The topological polar surface area (TPSA) is 115 Å². The molecule has 0 spiro atoms. The lowest BCUT2D eigenvalue weighted by molar-refractivity contribution is -0.142. The summed E-state index contributed by atoms with van der Waals surface area (Å²) in [5, 5.41) is 8.01. The molecule has 1 heterocycles. The molecule has 0 fully saturated rings. The quantitative estimate of drug-likeness (QED) is 0.567. The summed E-state index contributed by atoms with van der Waals surface area (Å²) in [6.45, 7) is 1.30. The van der Waals surface area contributed by atoms with Gasteiger partial charge in [-0.1, -0.05) is 6.07 Å². The van der Waals surface area contributed by atoms with E-state index < -0.39 is 29.8 Å². The van der Waals surface area contributed by atoms with Crippen LogP contribution < -0.4 is 25.4 Å². The Bertz CT molecular complexity index is 1070. The van der Waals surface area contributed by atoms with Gasteiger partial charge in [0.05, 0.1) is 25.8 Å². The van der Waals surface area contributed by atoms with Gasteiger partial charge in [-0.2, -0.15) is 0 Å². The minimum atomic E-state index is -0.798. The third-order valence-electron chi connectivity index (χ3n) is 4.71. The molecular formula is C22H22FN3O6. The van der Waals surface area contributed by atoms with Crippen molar-refractivity contribution in [2.75, 3.05) is 26.1 Å². The Morgan fingerprint density at radius 3 is 2.47 bits per heavy atom. The molecule has 0 unspecified atom stereocenters. The summed E-state index contributed by atoms with van der Waals surface area (Å²) >= 11 is 0. The minimum Gasteiger partial charge on any atom is -0.493 e. The van der Waals surface area contributed by atoms with E-state index in [1.165, 1.54) is 38.5 Å². The first-order valence-electron chi connectivity index (χ1n) is 9.55. The molecule has 2 aromatic rings. The van der Waals surface area contributed by atoms with Crippen molar-refractivity contribution in [1.29, 1.82) is 0 Å². The first kappa shape index (κ1) is 22.6. The van der Waals surface area contributed by atoms with Crippen LogP contribution in [-0.2, 0) is 14.3 Å². The molecule has 0 saturated heterocycles. The summed E-state index contributed by atoms with van der Waals surface area (Å²) in [5.74, 6) is -0.865. The third-order valence-corrected chi connectivity index (χ3v) is 4.71. The van der Waals surface area contributed by atoms with Gasteiger partial charge in [-0.15, -0.1) is 0 Å².